The molecule has 0 saturated heterocycles. The van der Waals surface area contributed by atoms with E-state index in [9.17, 15) is 4.79 Å². The van der Waals surface area contributed by atoms with Gasteiger partial charge in [-0.15, -0.1) is 0 Å². The highest BCUT2D eigenvalue weighted by Gasteiger charge is 2.16. The molecule has 0 N–H and O–H groups in total. The van der Waals surface area contributed by atoms with Gasteiger partial charge in [0.05, 0.1) is 7.11 Å². The number of aromatic nitrogens is 1. The number of nitriles is 1. The standard InChI is InChI=1S/C9H11N3O3/c1-12(2)9-6(5-10)11-7(15-9)4-8(13)14-3/h4H2,1-3H3. The normalized spacial score (nSPS) is 9.47. The fraction of sp³-hybridized carbons (Fsp3) is 0.444. The number of methoxy groups -OCH3 is 1. The van der Waals surface area contributed by atoms with Crippen LogP contribution in [0, 0.1) is 11.3 Å². The molecule has 0 unspecified atom stereocenters. The SMILES string of the molecule is COC(=O)Cc1nc(C#N)c(N(C)C)o1. The summed E-state index contributed by atoms with van der Waals surface area (Å²) in [7, 11) is 4.73. The van der Waals surface area contributed by atoms with Gasteiger partial charge < -0.3 is 14.1 Å². The second-order valence-corrected chi connectivity index (χ2v) is 3.02. The zero-order valence-electron chi connectivity index (χ0n) is 8.77. The number of rotatable bonds is 3. The molecule has 0 saturated carbocycles. The number of carbonyl (C=O) groups excluding carboxylic acids is 1. The van der Waals surface area contributed by atoms with Crippen LogP contribution < -0.4 is 4.90 Å². The molecule has 0 aliphatic rings. The van der Waals surface area contributed by atoms with Crippen LogP contribution in [-0.2, 0) is 16.0 Å². The fourth-order valence-electron chi connectivity index (χ4n) is 1.00. The van der Waals surface area contributed by atoms with Crippen molar-refractivity contribution in [3.8, 4) is 6.07 Å². The third-order valence-corrected chi connectivity index (χ3v) is 1.69. The molecule has 0 aromatic carbocycles. The van der Waals surface area contributed by atoms with Gasteiger partial charge in [0.25, 0.3) is 0 Å². The predicted molar refractivity (Wildman–Crippen MR) is 51.3 cm³/mol. The molecule has 1 aromatic rings. The maximum atomic E-state index is 10.9. The van der Waals surface area contributed by atoms with Crippen molar-refractivity contribution < 1.29 is 13.9 Å². The molecule has 0 amide bonds. The maximum absolute atomic E-state index is 10.9. The van der Waals surface area contributed by atoms with Gasteiger partial charge in [-0.1, -0.05) is 0 Å². The number of carbonyl (C=O) groups is 1. The molecule has 0 aliphatic carbocycles. The molecule has 1 heterocycles. The summed E-state index contributed by atoms with van der Waals surface area (Å²) >= 11 is 0. The minimum atomic E-state index is -0.453. The van der Waals surface area contributed by atoms with Crippen LogP contribution in [0.3, 0.4) is 0 Å². The van der Waals surface area contributed by atoms with E-state index in [-0.39, 0.29) is 18.0 Å². The zero-order chi connectivity index (χ0) is 11.4. The first-order valence-corrected chi connectivity index (χ1v) is 4.22. The number of esters is 1. The van der Waals surface area contributed by atoms with Gasteiger partial charge in [-0.2, -0.15) is 10.2 Å². The molecular weight excluding hydrogens is 198 g/mol. The first-order chi connectivity index (χ1) is 7.08. The van der Waals surface area contributed by atoms with E-state index < -0.39 is 5.97 Å². The Balaban J connectivity index is 2.94. The van der Waals surface area contributed by atoms with Crippen LogP contribution in [0.15, 0.2) is 4.42 Å². The lowest BCUT2D eigenvalue weighted by atomic mass is 10.4. The van der Waals surface area contributed by atoms with Crippen molar-refractivity contribution in [3.63, 3.8) is 0 Å². The van der Waals surface area contributed by atoms with Crippen molar-refractivity contribution in [3.05, 3.63) is 11.6 Å². The Kier molecular flexibility index (Phi) is 3.29. The number of oxazole rings is 1. The summed E-state index contributed by atoms with van der Waals surface area (Å²) in [5.41, 5.74) is 0.166. The van der Waals surface area contributed by atoms with Gasteiger partial charge in [0.1, 0.15) is 12.5 Å². The number of nitrogens with zero attached hydrogens (tertiary/aromatic N) is 3. The summed E-state index contributed by atoms with van der Waals surface area (Å²) in [4.78, 5) is 16.4. The first kappa shape index (κ1) is 11.0. The van der Waals surface area contributed by atoms with Gasteiger partial charge in [-0.25, -0.2) is 0 Å². The average Bonchev–Trinajstić information content (AvgIpc) is 2.60. The van der Waals surface area contributed by atoms with Gasteiger partial charge in [0, 0.05) is 14.1 Å². The van der Waals surface area contributed by atoms with Gasteiger partial charge in [-0.3, -0.25) is 4.79 Å². The van der Waals surface area contributed by atoms with E-state index in [1.165, 1.54) is 7.11 Å². The van der Waals surface area contributed by atoms with Crippen molar-refractivity contribution in [2.45, 2.75) is 6.42 Å². The number of ether oxygens (including phenoxy) is 1. The Morgan fingerprint density at radius 1 is 1.67 bits per heavy atom. The lowest BCUT2D eigenvalue weighted by molar-refractivity contribution is -0.140. The topological polar surface area (TPSA) is 79.4 Å². The first-order valence-electron chi connectivity index (χ1n) is 4.22. The highest BCUT2D eigenvalue weighted by atomic mass is 16.5. The molecule has 1 aromatic heterocycles. The van der Waals surface area contributed by atoms with Gasteiger partial charge >= 0.3 is 5.97 Å². The monoisotopic (exact) mass is 209 g/mol. The molecule has 1 rings (SSSR count). The van der Waals surface area contributed by atoms with Crippen molar-refractivity contribution in [2.75, 3.05) is 26.1 Å². The molecule has 80 valence electrons. The molecule has 0 atom stereocenters. The van der Waals surface area contributed by atoms with E-state index in [1.54, 1.807) is 19.0 Å². The molecule has 6 nitrogen and oxygen atoms in total. The Hall–Kier alpha value is -2.03. The van der Waals surface area contributed by atoms with Crippen LogP contribution in [-0.4, -0.2) is 32.2 Å². The molecule has 0 spiro atoms. The number of anilines is 1. The van der Waals surface area contributed by atoms with E-state index >= 15 is 0 Å². The molecular formula is C9H11N3O3. The Labute approximate surface area is 87.1 Å². The Morgan fingerprint density at radius 3 is 2.73 bits per heavy atom. The summed E-state index contributed by atoms with van der Waals surface area (Å²) in [6.45, 7) is 0. The van der Waals surface area contributed by atoms with Gasteiger partial charge in [0.15, 0.2) is 0 Å². The van der Waals surface area contributed by atoms with Crippen molar-refractivity contribution >= 4 is 11.9 Å². The van der Waals surface area contributed by atoms with E-state index in [1.807, 2.05) is 6.07 Å². The number of hydrogen-bond donors (Lipinski definition) is 0. The summed E-state index contributed by atoms with van der Waals surface area (Å²) in [5.74, 6) is 0.0737. The van der Waals surface area contributed by atoms with Crippen LogP contribution in [0.5, 0.6) is 0 Å². The van der Waals surface area contributed by atoms with Gasteiger partial charge in [0.2, 0.25) is 17.5 Å². The van der Waals surface area contributed by atoms with Crippen LogP contribution in [0.1, 0.15) is 11.6 Å². The summed E-state index contributed by atoms with van der Waals surface area (Å²) < 4.78 is 9.69. The Morgan fingerprint density at radius 2 is 2.33 bits per heavy atom. The second kappa shape index (κ2) is 4.46. The second-order valence-electron chi connectivity index (χ2n) is 3.02. The maximum Gasteiger partial charge on any atom is 0.314 e. The van der Waals surface area contributed by atoms with E-state index in [2.05, 4.69) is 9.72 Å². The summed E-state index contributed by atoms with van der Waals surface area (Å²) in [6.07, 6.45) is -0.0704. The molecule has 0 bridgehead atoms. The zero-order valence-corrected chi connectivity index (χ0v) is 8.77. The molecule has 0 aliphatic heterocycles. The third-order valence-electron chi connectivity index (χ3n) is 1.69. The van der Waals surface area contributed by atoms with Crippen LogP contribution in [0.2, 0.25) is 0 Å². The highest BCUT2D eigenvalue weighted by molar-refractivity contribution is 5.71. The number of hydrogen-bond acceptors (Lipinski definition) is 6. The van der Waals surface area contributed by atoms with Gasteiger partial charge in [-0.05, 0) is 0 Å². The van der Waals surface area contributed by atoms with Crippen molar-refractivity contribution in [1.29, 1.82) is 5.26 Å². The summed E-state index contributed by atoms with van der Waals surface area (Å²) in [5, 5.41) is 8.76. The predicted octanol–water partition coefficient (Wildman–Crippen LogP) is 0.328. The minimum absolute atomic E-state index is 0.0704. The average molecular weight is 209 g/mol. The lowest BCUT2D eigenvalue weighted by Crippen LogP contribution is -2.08. The van der Waals surface area contributed by atoms with Crippen molar-refractivity contribution in [1.82, 2.24) is 4.98 Å². The molecule has 0 radical (unpaired) electrons. The highest BCUT2D eigenvalue weighted by Crippen LogP contribution is 2.19. The molecule has 6 heteroatoms. The van der Waals surface area contributed by atoms with E-state index in [0.717, 1.165) is 0 Å². The van der Waals surface area contributed by atoms with E-state index in [0.29, 0.717) is 5.88 Å². The van der Waals surface area contributed by atoms with Crippen molar-refractivity contribution in [2.24, 2.45) is 0 Å². The largest absolute Gasteiger partial charge is 0.469 e. The minimum Gasteiger partial charge on any atom is -0.469 e. The molecule has 15 heavy (non-hydrogen) atoms. The third kappa shape index (κ3) is 2.47. The van der Waals surface area contributed by atoms with E-state index in [4.69, 9.17) is 9.68 Å². The molecule has 0 fully saturated rings. The lowest BCUT2D eigenvalue weighted by Gasteiger charge is -2.06. The Bertz CT molecular complexity index is 403. The van der Waals surface area contributed by atoms with Crippen LogP contribution in [0.4, 0.5) is 5.88 Å². The van der Waals surface area contributed by atoms with Crippen LogP contribution >= 0.6 is 0 Å². The van der Waals surface area contributed by atoms with Crippen LogP contribution in [0.25, 0.3) is 0 Å². The fourth-order valence-corrected chi connectivity index (χ4v) is 1.00. The smallest absolute Gasteiger partial charge is 0.314 e. The summed E-state index contributed by atoms with van der Waals surface area (Å²) in [6, 6.07) is 1.89. The quantitative estimate of drug-likeness (QED) is 0.667.